The summed E-state index contributed by atoms with van der Waals surface area (Å²) in [6.07, 6.45) is -0.0947. The van der Waals surface area contributed by atoms with Gasteiger partial charge >= 0.3 is 0 Å². The molecule has 20 heavy (non-hydrogen) atoms. The van der Waals surface area contributed by atoms with Gasteiger partial charge < -0.3 is 5.11 Å². The van der Waals surface area contributed by atoms with Crippen molar-refractivity contribution < 1.29 is 9.50 Å². The zero-order valence-corrected chi connectivity index (χ0v) is 13.5. The highest BCUT2D eigenvalue weighted by atomic mass is 79.9. The van der Waals surface area contributed by atoms with Crippen molar-refractivity contribution in [3.63, 3.8) is 0 Å². The molecule has 2 rings (SSSR count). The Kier molecular flexibility index (Phi) is 4.61. The molecule has 0 aliphatic carbocycles. The third-order valence-electron chi connectivity index (χ3n) is 3.57. The van der Waals surface area contributed by atoms with Gasteiger partial charge in [0.25, 0.3) is 0 Å². The summed E-state index contributed by atoms with van der Waals surface area (Å²) >= 11 is 3.15. The summed E-state index contributed by atoms with van der Waals surface area (Å²) in [7, 11) is 0. The van der Waals surface area contributed by atoms with E-state index in [0.29, 0.717) is 10.9 Å². The summed E-state index contributed by atoms with van der Waals surface area (Å²) in [4.78, 5) is 0. The molecule has 0 aliphatic heterocycles. The van der Waals surface area contributed by atoms with Crippen molar-refractivity contribution in [2.75, 3.05) is 0 Å². The van der Waals surface area contributed by atoms with E-state index in [-0.39, 0.29) is 5.82 Å². The standard InChI is InChI=1S/C17H18BrFO/c1-10-6-11(2)14(12(3)7-10)9-17(20)13-4-5-16(19)15(18)8-13/h4-8,17,20H,9H2,1-3H3. The molecule has 1 nitrogen and oxygen atoms in total. The number of halogens is 2. The second-order valence-electron chi connectivity index (χ2n) is 5.27. The van der Waals surface area contributed by atoms with Gasteiger partial charge in [-0.1, -0.05) is 23.8 Å². The summed E-state index contributed by atoms with van der Waals surface area (Å²) in [5.74, 6) is -0.316. The zero-order valence-electron chi connectivity index (χ0n) is 11.9. The van der Waals surface area contributed by atoms with Crippen LogP contribution in [0.4, 0.5) is 4.39 Å². The van der Waals surface area contributed by atoms with E-state index in [2.05, 4.69) is 48.8 Å². The molecule has 0 saturated heterocycles. The van der Waals surface area contributed by atoms with Crippen LogP contribution in [0.2, 0.25) is 0 Å². The second-order valence-corrected chi connectivity index (χ2v) is 6.13. The van der Waals surface area contributed by atoms with Crippen LogP contribution in [-0.2, 0) is 6.42 Å². The summed E-state index contributed by atoms with van der Waals surface area (Å²) in [6.45, 7) is 6.18. The smallest absolute Gasteiger partial charge is 0.137 e. The van der Waals surface area contributed by atoms with Crippen LogP contribution in [0.3, 0.4) is 0 Å². The highest BCUT2D eigenvalue weighted by Crippen LogP contribution is 2.26. The van der Waals surface area contributed by atoms with E-state index >= 15 is 0 Å². The van der Waals surface area contributed by atoms with E-state index in [1.165, 1.54) is 22.8 Å². The SMILES string of the molecule is Cc1cc(C)c(CC(O)c2ccc(F)c(Br)c2)c(C)c1. The highest BCUT2D eigenvalue weighted by molar-refractivity contribution is 9.10. The monoisotopic (exact) mass is 336 g/mol. The number of aryl methyl sites for hydroxylation is 3. The Morgan fingerprint density at radius 1 is 1.10 bits per heavy atom. The predicted molar refractivity (Wildman–Crippen MR) is 83.4 cm³/mol. The van der Waals surface area contributed by atoms with Crippen molar-refractivity contribution >= 4 is 15.9 Å². The maximum Gasteiger partial charge on any atom is 0.137 e. The molecule has 2 aromatic carbocycles. The lowest BCUT2D eigenvalue weighted by molar-refractivity contribution is 0.178. The first-order valence-corrected chi connectivity index (χ1v) is 7.37. The Morgan fingerprint density at radius 2 is 1.70 bits per heavy atom. The fourth-order valence-corrected chi connectivity index (χ4v) is 2.96. The topological polar surface area (TPSA) is 20.2 Å². The van der Waals surface area contributed by atoms with Crippen LogP contribution in [0.15, 0.2) is 34.8 Å². The maximum absolute atomic E-state index is 13.2. The third kappa shape index (κ3) is 3.28. The minimum absolute atomic E-state index is 0.316. The lowest BCUT2D eigenvalue weighted by atomic mass is 9.93. The normalized spacial score (nSPS) is 12.5. The summed E-state index contributed by atoms with van der Waals surface area (Å²) < 4.78 is 13.6. The van der Waals surface area contributed by atoms with Crippen LogP contribution in [0, 0.1) is 26.6 Å². The van der Waals surface area contributed by atoms with E-state index in [1.807, 2.05) is 0 Å². The molecule has 1 unspecified atom stereocenters. The quantitative estimate of drug-likeness (QED) is 0.854. The highest BCUT2D eigenvalue weighted by Gasteiger charge is 2.14. The van der Waals surface area contributed by atoms with Crippen LogP contribution >= 0.6 is 15.9 Å². The number of aliphatic hydroxyl groups is 1. The van der Waals surface area contributed by atoms with E-state index in [4.69, 9.17) is 0 Å². The van der Waals surface area contributed by atoms with Gasteiger partial charge in [0.05, 0.1) is 10.6 Å². The zero-order chi connectivity index (χ0) is 14.9. The number of benzene rings is 2. The van der Waals surface area contributed by atoms with Crippen LogP contribution < -0.4 is 0 Å². The Labute approximate surface area is 127 Å². The molecule has 0 bridgehead atoms. The summed E-state index contributed by atoms with van der Waals surface area (Å²) in [5.41, 5.74) is 5.47. The van der Waals surface area contributed by atoms with Gasteiger partial charge in [0.1, 0.15) is 5.82 Å². The van der Waals surface area contributed by atoms with Gasteiger partial charge in [-0.05, 0) is 71.1 Å². The molecule has 1 N–H and O–H groups in total. The van der Waals surface area contributed by atoms with Gasteiger partial charge in [-0.15, -0.1) is 0 Å². The lowest BCUT2D eigenvalue weighted by Gasteiger charge is -2.16. The van der Waals surface area contributed by atoms with Crippen molar-refractivity contribution in [3.8, 4) is 0 Å². The molecule has 0 aliphatic rings. The van der Waals surface area contributed by atoms with Crippen LogP contribution in [0.1, 0.15) is 33.9 Å². The number of hydrogen-bond acceptors (Lipinski definition) is 1. The largest absolute Gasteiger partial charge is 0.388 e. The van der Waals surface area contributed by atoms with Crippen LogP contribution in [-0.4, -0.2) is 5.11 Å². The van der Waals surface area contributed by atoms with Crippen LogP contribution in [0.25, 0.3) is 0 Å². The predicted octanol–water partition coefficient (Wildman–Crippen LogP) is 4.79. The molecule has 0 fully saturated rings. The molecule has 0 saturated carbocycles. The van der Waals surface area contributed by atoms with E-state index in [9.17, 15) is 9.50 Å². The van der Waals surface area contributed by atoms with Gasteiger partial charge in [0.15, 0.2) is 0 Å². The first-order valence-electron chi connectivity index (χ1n) is 6.58. The maximum atomic E-state index is 13.2. The molecule has 0 radical (unpaired) electrons. The van der Waals surface area contributed by atoms with Crippen molar-refractivity contribution in [1.82, 2.24) is 0 Å². The average molecular weight is 337 g/mol. The van der Waals surface area contributed by atoms with Crippen LogP contribution in [0.5, 0.6) is 0 Å². The Hall–Kier alpha value is -1.19. The van der Waals surface area contributed by atoms with Gasteiger partial charge in [-0.25, -0.2) is 4.39 Å². The first kappa shape index (κ1) is 15.2. The molecule has 106 valence electrons. The van der Waals surface area contributed by atoms with Crippen molar-refractivity contribution in [2.45, 2.75) is 33.3 Å². The Balaban J connectivity index is 2.27. The molecule has 2 aromatic rings. The lowest BCUT2D eigenvalue weighted by Crippen LogP contribution is -2.05. The van der Waals surface area contributed by atoms with Crippen molar-refractivity contribution in [3.05, 3.63) is 68.4 Å². The van der Waals surface area contributed by atoms with E-state index in [1.54, 1.807) is 12.1 Å². The molecule has 3 heteroatoms. The van der Waals surface area contributed by atoms with E-state index < -0.39 is 6.10 Å². The molecule has 0 aromatic heterocycles. The molecule has 0 spiro atoms. The van der Waals surface area contributed by atoms with E-state index in [0.717, 1.165) is 11.1 Å². The minimum Gasteiger partial charge on any atom is -0.388 e. The van der Waals surface area contributed by atoms with Crippen molar-refractivity contribution in [2.24, 2.45) is 0 Å². The summed E-state index contributed by atoms with van der Waals surface area (Å²) in [5, 5.41) is 10.4. The third-order valence-corrected chi connectivity index (χ3v) is 4.17. The Bertz CT molecular complexity index is 614. The summed E-state index contributed by atoms with van der Waals surface area (Å²) in [6, 6.07) is 8.88. The van der Waals surface area contributed by atoms with Crippen molar-refractivity contribution in [1.29, 1.82) is 0 Å². The minimum atomic E-state index is -0.632. The van der Waals surface area contributed by atoms with Gasteiger partial charge in [0.2, 0.25) is 0 Å². The fourth-order valence-electron chi connectivity index (χ4n) is 2.56. The fraction of sp³-hybridized carbons (Fsp3) is 0.294. The average Bonchev–Trinajstić information content (AvgIpc) is 2.36. The first-order chi connectivity index (χ1) is 9.38. The number of hydrogen-bond donors (Lipinski definition) is 1. The van der Waals surface area contributed by atoms with Gasteiger partial charge in [-0.2, -0.15) is 0 Å². The molecule has 0 amide bonds. The number of rotatable bonds is 3. The molecular formula is C17H18BrFO. The molecule has 1 atom stereocenters. The van der Waals surface area contributed by atoms with Gasteiger partial charge in [0, 0.05) is 6.42 Å². The Morgan fingerprint density at radius 3 is 2.25 bits per heavy atom. The van der Waals surface area contributed by atoms with Gasteiger partial charge in [-0.3, -0.25) is 0 Å². The second kappa shape index (κ2) is 6.06. The molecular weight excluding hydrogens is 319 g/mol. The number of aliphatic hydroxyl groups excluding tert-OH is 1. The molecule has 0 heterocycles.